The zero-order chi connectivity index (χ0) is 14.5. The van der Waals surface area contributed by atoms with Crippen LogP contribution in [0.5, 0.6) is 0 Å². The maximum atomic E-state index is 12.4. The number of alkyl halides is 1. The molecular weight excluding hydrogens is 299 g/mol. The standard InChI is InChI=1S/C14H14Cl2N2O2/c15-8-4-5-9-18-13(19)11(12(16)17-14(18)20)10-6-2-1-3-7-10/h1-3,6-7H,4-5,8-9H2,(H,17,20). The van der Waals surface area contributed by atoms with Crippen molar-refractivity contribution in [3.05, 3.63) is 56.3 Å². The van der Waals surface area contributed by atoms with Gasteiger partial charge in [0.05, 0.1) is 5.56 Å². The number of hydrogen-bond acceptors (Lipinski definition) is 2. The molecule has 4 nitrogen and oxygen atoms in total. The van der Waals surface area contributed by atoms with Crippen LogP contribution in [0.1, 0.15) is 12.8 Å². The maximum absolute atomic E-state index is 12.4. The number of aromatic nitrogens is 2. The number of benzene rings is 1. The van der Waals surface area contributed by atoms with Gasteiger partial charge in [-0.05, 0) is 18.4 Å². The van der Waals surface area contributed by atoms with Gasteiger partial charge in [-0.25, -0.2) is 4.79 Å². The highest BCUT2D eigenvalue weighted by Gasteiger charge is 2.14. The van der Waals surface area contributed by atoms with E-state index in [1.54, 1.807) is 12.1 Å². The summed E-state index contributed by atoms with van der Waals surface area (Å²) in [7, 11) is 0. The van der Waals surface area contributed by atoms with Gasteiger partial charge in [0.2, 0.25) is 0 Å². The molecule has 1 aromatic heterocycles. The second-order valence-electron chi connectivity index (χ2n) is 4.34. The van der Waals surface area contributed by atoms with E-state index in [0.29, 0.717) is 30.0 Å². The van der Waals surface area contributed by atoms with Crippen molar-refractivity contribution in [3.8, 4) is 11.1 Å². The van der Waals surface area contributed by atoms with Crippen LogP contribution < -0.4 is 11.2 Å². The molecule has 1 aromatic carbocycles. The first-order chi connectivity index (χ1) is 9.65. The van der Waals surface area contributed by atoms with Crippen molar-refractivity contribution < 1.29 is 0 Å². The van der Waals surface area contributed by atoms with Crippen LogP contribution >= 0.6 is 23.2 Å². The Morgan fingerprint density at radius 2 is 1.80 bits per heavy atom. The first-order valence-corrected chi connectivity index (χ1v) is 7.20. The van der Waals surface area contributed by atoms with Crippen LogP contribution in [-0.2, 0) is 6.54 Å². The van der Waals surface area contributed by atoms with E-state index in [4.69, 9.17) is 23.2 Å². The molecule has 1 N–H and O–H groups in total. The van der Waals surface area contributed by atoms with Gasteiger partial charge in [0, 0.05) is 12.4 Å². The fraction of sp³-hybridized carbons (Fsp3) is 0.286. The van der Waals surface area contributed by atoms with Crippen molar-refractivity contribution in [2.75, 3.05) is 5.88 Å². The van der Waals surface area contributed by atoms with Crippen molar-refractivity contribution in [1.29, 1.82) is 0 Å². The maximum Gasteiger partial charge on any atom is 0.329 e. The number of unbranched alkanes of at least 4 members (excludes halogenated alkanes) is 1. The van der Waals surface area contributed by atoms with Gasteiger partial charge < -0.3 is 0 Å². The van der Waals surface area contributed by atoms with Crippen LogP contribution in [0.2, 0.25) is 5.15 Å². The molecule has 2 aromatic rings. The van der Waals surface area contributed by atoms with Gasteiger partial charge >= 0.3 is 5.69 Å². The lowest BCUT2D eigenvalue weighted by Gasteiger charge is -2.08. The molecule has 106 valence electrons. The summed E-state index contributed by atoms with van der Waals surface area (Å²) in [5, 5.41) is 0.0693. The third-order valence-corrected chi connectivity index (χ3v) is 3.52. The Kier molecular flexibility index (Phi) is 5.04. The molecule has 6 heteroatoms. The van der Waals surface area contributed by atoms with Crippen molar-refractivity contribution in [2.24, 2.45) is 0 Å². The topological polar surface area (TPSA) is 54.9 Å². The normalized spacial score (nSPS) is 10.7. The molecule has 0 aliphatic carbocycles. The summed E-state index contributed by atoms with van der Waals surface area (Å²) in [5.74, 6) is 0.506. The van der Waals surface area contributed by atoms with E-state index < -0.39 is 5.69 Å². The Labute approximate surface area is 126 Å². The molecule has 0 aliphatic heterocycles. The predicted octanol–water partition coefficient (Wildman–Crippen LogP) is 2.88. The SMILES string of the molecule is O=c1[nH]c(Cl)c(-c2ccccc2)c(=O)n1CCCCCl. The predicted molar refractivity (Wildman–Crippen MR) is 81.7 cm³/mol. The molecular formula is C14H14Cl2N2O2. The highest BCUT2D eigenvalue weighted by Crippen LogP contribution is 2.20. The highest BCUT2D eigenvalue weighted by molar-refractivity contribution is 6.32. The summed E-state index contributed by atoms with van der Waals surface area (Å²) in [5.41, 5.74) is 0.136. The van der Waals surface area contributed by atoms with Crippen LogP contribution in [0.15, 0.2) is 39.9 Å². The second kappa shape index (κ2) is 6.77. The van der Waals surface area contributed by atoms with Crippen molar-refractivity contribution in [2.45, 2.75) is 19.4 Å². The van der Waals surface area contributed by atoms with Gasteiger partial charge in [-0.3, -0.25) is 14.3 Å². The lowest BCUT2D eigenvalue weighted by Crippen LogP contribution is -2.36. The first kappa shape index (κ1) is 14.9. The number of aromatic amines is 1. The first-order valence-electron chi connectivity index (χ1n) is 6.29. The summed E-state index contributed by atoms with van der Waals surface area (Å²) in [4.78, 5) is 26.8. The summed E-state index contributed by atoms with van der Waals surface area (Å²) in [6.45, 7) is 0.331. The smallest absolute Gasteiger partial charge is 0.297 e. The average molecular weight is 313 g/mol. The summed E-state index contributed by atoms with van der Waals surface area (Å²) < 4.78 is 1.17. The molecule has 0 amide bonds. The average Bonchev–Trinajstić information content (AvgIpc) is 2.43. The number of hydrogen-bond donors (Lipinski definition) is 1. The molecule has 0 aliphatic rings. The van der Waals surface area contributed by atoms with Crippen LogP contribution in [0.25, 0.3) is 11.1 Å². The Balaban J connectivity index is 2.51. The van der Waals surface area contributed by atoms with Crippen molar-refractivity contribution in [3.63, 3.8) is 0 Å². The molecule has 0 fully saturated rings. The Bertz CT molecular complexity index is 693. The molecule has 0 atom stereocenters. The number of H-pyrrole nitrogens is 1. The van der Waals surface area contributed by atoms with Crippen LogP contribution in [0.4, 0.5) is 0 Å². The summed E-state index contributed by atoms with van der Waals surface area (Å²) in [6.07, 6.45) is 1.42. The van der Waals surface area contributed by atoms with E-state index >= 15 is 0 Å². The lowest BCUT2D eigenvalue weighted by atomic mass is 10.1. The monoisotopic (exact) mass is 312 g/mol. The molecule has 2 rings (SSSR count). The van der Waals surface area contributed by atoms with E-state index in [1.807, 2.05) is 18.2 Å². The van der Waals surface area contributed by atoms with Gasteiger partial charge in [0.1, 0.15) is 5.15 Å². The minimum absolute atomic E-state index is 0.0693. The zero-order valence-electron chi connectivity index (χ0n) is 10.7. The molecule has 0 spiro atoms. The number of nitrogens with zero attached hydrogens (tertiary/aromatic N) is 1. The second-order valence-corrected chi connectivity index (χ2v) is 5.09. The highest BCUT2D eigenvalue weighted by atomic mass is 35.5. The molecule has 0 unspecified atom stereocenters. The van der Waals surface area contributed by atoms with Gasteiger partial charge in [0.25, 0.3) is 5.56 Å². The summed E-state index contributed by atoms with van der Waals surface area (Å²) in [6, 6.07) is 9.04. The van der Waals surface area contributed by atoms with Gasteiger partial charge in [0.15, 0.2) is 0 Å². The minimum Gasteiger partial charge on any atom is -0.297 e. The van der Waals surface area contributed by atoms with Crippen LogP contribution in [-0.4, -0.2) is 15.4 Å². The number of nitrogens with one attached hydrogen (secondary N) is 1. The Hall–Kier alpha value is -1.52. The lowest BCUT2D eigenvalue weighted by molar-refractivity contribution is 0.586. The van der Waals surface area contributed by atoms with Crippen LogP contribution in [0.3, 0.4) is 0 Å². The van der Waals surface area contributed by atoms with Crippen LogP contribution in [0, 0.1) is 0 Å². The summed E-state index contributed by atoms with van der Waals surface area (Å²) >= 11 is 11.6. The molecule has 1 heterocycles. The van der Waals surface area contributed by atoms with Gasteiger partial charge in [-0.15, -0.1) is 11.6 Å². The zero-order valence-corrected chi connectivity index (χ0v) is 12.2. The van der Waals surface area contributed by atoms with E-state index in [9.17, 15) is 9.59 Å². The third-order valence-electron chi connectivity index (χ3n) is 2.97. The fourth-order valence-electron chi connectivity index (χ4n) is 1.97. The number of halogens is 2. The number of rotatable bonds is 5. The van der Waals surface area contributed by atoms with Crippen molar-refractivity contribution in [1.82, 2.24) is 9.55 Å². The van der Waals surface area contributed by atoms with Gasteiger partial charge in [-0.1, -0.05) is 41.9 Å². The molecule has 0 saturated heterocycles. The van der Waals surface area contributed by atoms with E-state index in [0.717, 1.165) is 6.42 Å². The largest absolute Gasteiger partial charge is 0.329 e. The van der Waals surface area contributed by atoms with E-state index in [-0.39, 0.29) is 10.7 Å². The van der Waals surface area contributed by atoms with Gasteiger partial charge in [-0.2, -0.15) is 0 Å². The van der Waals surface area contributed by atoms with Crippen molar-refractivity contribution >= 4 is 23.2 Å². The molecule has 20 heavy (non-hydrogen) atoms. The fourth-order valence-corrected chi connectivity index (χ4v) is 2.43. The third kappa shape index (κ3) is 3.14. The Morgan fingerprint density at radius 1 is 1.10 bits per heavy atom. The van der Waals surface area contributed by atoms with E-state index in [2.05, 4.69) is 4.98 Å². The Morgan fingerprint density at radius 3 is 2.45 bits per heavy atom. The van der Waals surface area contributed by atoms with E-state index in [1.165, 1.54) is 4.57 Å². The minimum atomic E-state index is -0.491. The quantitative estimate of drug-likeness (QED) is 0.524. The molecule has 0 bridgehead atoms. The molecule has 0 radical (unpaired) electrons. The molecule has 0 saturated carbocycles.